The molecule has 0 aromatic carbocycles. The van der Waals surface area contributed by atoms with Crippen LogP contribution in [0.4, 0.5) is 0 Å². The number of aryl methyl sites for hydroxylation is 1. The van der Waals surface area contributed by atoms with E-state index in [0.717, 1.165) is 19.5 Å². The van der Waals surface area contributed by atoms with E-state index in [-0.39, 0.29) is 0 Å². The summed E-state index contributed by atoms with van der Waals surface area (Å²) in [7, 11) is 0. The highest BCUT2D eigenvalue weighted by molar-refractivity contribution is 5.66. The standard InChI is InChI=1S/C11H14N2.C2H6/c1-9-6-11(8-13-7-9)10-2-4-12-5-3-10;1-2/h2,6-8,12H,3-5H2,1H3;1-2H3. The highest BCUT2D eigenvalue weighted by atomic mass is 14.8. The van der Waals surface area contributed by atoms with Gasteiger partial charge in [0.1, 0.15) is 0 Å². The van der Waals surface area contributed by atoms with Crippen LogP contribution in [-0.4, -0.2) is 18.1 Å². The van der Waals surface area contributed by atoms with E-state index in [4.69, 9.17) is 0 Å². The van der Waals surface area contributed by atoms with Crippen molar-refractivity contribution in [2.75, 3.05) is 13.1 Å². The van der Waals surface area contributed by atoms with Gasteiger partial charge in [-0.2, -0.15) is 0 Å². The van der Waals surface area contributed by atoms with Crippen LogP contribution >= 0.6 is 0 Å². The molecular formula is C13H20N2. The van der Waals surface area contributed by atoms with Crippen molar-refractivity contribution < 1.29 is 0 Å². The molecule has 1 aliphatic heterocycles. The fourth-order valence-corrected chi connectivity index (χ4v) is 1.62. The molecule has 2 nitrogen and oxygen atoms in total. The molecule has 0 atom stereocenters. The summed E-state index contributed by atoms with van der Waals surface area (Å²) in [5, 5.41) is 3.30. The van der Waals surface area contributed by atoms with Gasteiger partial charge in [-0.1, -0.05) is 19.9 Å². The zero-order chi connectivity index (χ0) is 11.1. The van der Waals surface area contributed by atoms with Crippen LogP contribution in [0.5, 0.6) is 0 Å². The zero-order valence-corrected chi connectivity index (χ0v) is 9.88. The highest BCUT2D eigenvalue weighted by Gasteiger charge is 2.05. The number of hydrogen-bond acceptors (Lipinski definition) is 2. The van der Waals surface area contributed by atoms with E-state index >= 15 is 0 Å². The Morgan fingerprint density at radius 2 is 2.07 bits per heavy atom. The minimum Gasteiger partial charge on any atom is -0.313 e. The smallest absolute Gasteiger partial charge is 0.0343 e. The van der Waals surface area contributed by atoms with Crippen LogP contribution in [-0.2, 0) is 0 Å². The van der Waals surface area contributed by atoms with Gasteiger partial charge in [0.05, 0.1) is 0 Å². The number of pyridine rings is 1. The summed E-state index contributed by atoms with van der Waals surface area (Å²) in [5.74, 6) is 0. The zero-order valence-electron chi connectivity index (χ0n) is 9.88. The van der Waals surface area contributed by atoms with Crippen molar-refractivity contribution in [3.05, 3.63) is 35.7 Å². The van der Waals surface area contributed by atoms with Crippen LogP contribution in [0.3, 0.4) is 0 Å². The van der Waals surface area contributed by atoms with Crippen LogP contribution in [0.25, 0.3) is 5.57 Å². The third kappa shape index (κ3) is 3.48. The van der Waals surface area contributed by atoms with Gasteiger partial charge >= 0.3 is 0 Å². The molecule has 0 radical (unpaired) electrons. The Labute approximate surface area is 92.4 Å². The van der Waals surface area contributed by atoms with Crippen molar-refractivity contribution >= 4 is 5.57 Å². The first-order chi connectivity index (χ1) is 7.36. The maximum absolute atomic E-state index is 4.20. The fraction of sp³-hybridized carbons (Fsp3) is 0.462. The second-order valence-corrected chi connectivity index (χ2v) is 3.43. The van der Waals surface area contributed by atoms with Gasteiger partial charge in [-0.25, -0.2) is 0 Å². The van der Waals surface area contributed by atoms with Gasteiger partial charge in [-0.15, -0.1) is 0 Å². The monoisotopic (exact) mass is 204 g/mol. The molecule has 0 bridgehead atoms. The number of rotatable bonds is 1. The molecule has 82 valence electrons. The van der Waals surface area contributed by atoms with Crippen molar-refractivity contribution in [2.24, 2.45) is 0 Å². The first-order valence-electron chi connectivity index (χ1n) is 5.68. The highest BCUT2D eigenvalue weighted by Crippen LogP contribution is 2.19. The van der Waals surface area contributed by atoms with Crippen LogP contribution in [0.1, 0.15) is 31.4 Å². The largest absolute Gasteiger partial charge is 0.313 e. The third-order valence-electron chi connectivity index (χ3n) is 2.31. The van der Waals surface area contributed by atoms with Crippen molar-refractivity contribution in [3.8, 4) is 0 Å². The molecule has 2 heterocycles. The molecule has 1 aromatic rings. The minimum absolute atomic E-state index is 0.989. The predicted molar refractivity (Wildman–Crippen MR) is 65.8 cm³/mol. The first-order valence-corrected chi connectivity index (χ1v) is 5.68. The quantitative estimate of drug-likeness (QED) is 0.761. The molecule has 2 rings (SSSR count). The summed E-state index contributed by atoms with van der Waals surface area (Å²) in [6.07, 6.45) is 7.21. The lowest BCUT2D eigenvalue weighted by Crippen LogP contribution is -2.20. The van der Waals surface area contributed by atoms with Gasteiger partial charge in [0.2, 0.25) is 0 Å². The van der Waals surface area contributed by atoms with E-state index in [9.17, 15) is 0 Å². The van der Waals surface area contributed by atoms with E-state index in [2.05, 4.69) is 29.4 Å². The normalized spacial score (nSPS) is 15.0. The number of hydrogen-bond donors (Lipinski definition) is 1. The van der Waals surface area contributed by atoms with E-state index in [1.54, 1.807) is 0 Å². The van der Waals surface area contributed by atoms with Gasteiger partial charge in [0.25, 0.3) is 0 Å². The maximum atomic E-state index is 4.20. The van der Waals surface area contributed by atoms with E-state index in [1.807, 2.05) is 26.2 Å². The summed E-state index contributed by atoms with van der Waals surface area (Å²) in [6.45, 7) is 8.15. The van der Waals surface area contributed by atoms with Gasteiger partial charge < -0.3 is 5.32 Å². The molecule has 0 aliphatic carbocycles. The Kier molecular flexibility index (Phi) is 5.05. The molecule has 0 spiro atoms. The van der Waals surface area contributed by atoms with Gasteiger partial charge in [0, 0.05) is 18.9 Å². The number of nitrogens with one attached hydrogen (secondary N) is 1. The topological polar surface area (TPSA) is 24.9 Å². The molecule has 0 amide bonds. The molecule has 1 N–H and O–H groups in total. The van der Waals surface area contributed by atoms with Crippen LogP contribution in [0.2, 0.25) is 0 Å². The van der Waals surface area contributed by atoms with E-state index in [1.165, 1.54) is 16.7 Å². The van der Waals surface area contributed by atoms with Crippen LogP contribution in [0, 0.1) is 6.92 Å². The average molecular weight is 204 g/mol. The number of aromatic nitrogens is 1. The van der Waals surface area contributed by atoms with Gasteiger partial charge in [0.15, 0.2) is 0 Å². The molecule has 0 saturated carbocycles. The van der Waals surface area contributed by atoms with Crippen molar-refractivity contribution in [3.63, 3.8) is 0 Å². The van der Waals surface area contributed by atoms with Crippen LogP contribution < -0.4 is 5.32 Å². The maximum Gasteiger partial charge on any atom is 0.0343 e. The summed E-state index contributed by atoms with van der Waals surface area (Å²) in [4.78, 5) is 4.20. The SMILES string of the molecule is CC.Cc1cncc(C2=CCNCC2)c1. The molecular weight excluding hydrogens is 184 g/mol. The van der Waals surface area contributed by atoms with Crippen molar-refractivity contribution in [2.45, 2.75) is 27.2 Å². The second kappa shape index (κ2) is 6.36. The Bertz CT molecular complexity index is 329. The molecule has 2 heteroatoms. The lowest BCUT2D eigenvalue weighted by molar-refractivity contribution is 0.738. The molecule has 0 saturated heterocycles. The number of nitrogens with zero attached hydrogens (tertiary/aromatic N) is 1. The Balaban J connectivity index is 0.000000531. The molecule has 1 aromatic heterocycles. The Morgan fingerprint density at radius 3 is 2.67 bits per heavy atom. The molecule has 0 unspecified atom stereocenters. The van der Waals surface area contributed by atoms with Gasteiger partial charge in [-0.05, 0) is 42.7 Å². The van der Waals surface area contributed by atoms with E-state index in [0.29, 0.717) is 0 Å². The third-order valence-corrected chi connectivity index (χ3v) is 2.31. The van der Waals surface area contributed by atoms with Crippen molar-refractivity contribution in [1.29, 1.82) is 0 Å². The first kappa shape index (κ1) is 11.9. The summed E-state index contributed by atoms with van der Waals surface area (Å²) < 4.78 is 0. The van der Waals surface area contributed by atoms with E-state index < -0.39 is 0 Å². The molecule has 0 fully saturated rings. The van der Waals surface area contributed by atoms with Crippen LogP contribution in [0.15, 0.2) is 24.5 Å². The lowest BCUT2D eigenvalue weighted by atomic mass is 10.0. The summed E-state index contributed by atoms with van der Waals surface area (Å²) in [5.41, 5.74) is 3.94. The van der Waals surface area contributed by atoms with Gasteiger partial charge in [-0.3, -0.25) is 4.98 Å². The summed E-state index contributed by atoms with van der Waals surface area (Å²) in [6, 6.07) is 2.20. The average Bonchev–Trinajstić information content (AvgIpc) is 2.33. The van der Waals surface area contributed by atoms with Crippen molar-refractivity contribution in [1.82, 2.24) is 10.3 Å². The molecule has 15 heavy (non-hydrogen) atoms. The lowest BCUT2D eigenvalue weighted by Gasteiger charge is -2.13. The predicted octanol–water partition coefficient (Wildman–Crippen LogP) is 2.79. The second-order valence-electron chi connectivity index (χ2n) is 3.43. The minimum atomic E-state index is 0.989. The fourth-order valence-electron chi connectivity index (χ4n) is 1.62. The Hall–Kier alpha value is -1.15. The Morgan fingerprint density at radius 1 is 1.27 bits per heavy atom. The molecule has 1 aliphatic rings. The summed E-state index contributed by atoms with van der Waals surface area (Å²) >= 11 is 0.